The molecule has 27 heavy (non-hydrogen) atoms. The van der Waals surface area contributed by atoms with Crippen LogP contribution in [0.2, 0.25) is 10.2 Å². The first kappa shape index (κ1) is 20.1. The third-order valence-corrected chi connectivity index (χ3v) is 5.78. The SMILES string of the molecule is CC(N(Cc1ccc(Cl)cc1)C(=O)c1cccnc1Cl)C1(O)CCNCC1. The highest BCUT2D eigenvalue weighted by Gasteiger charge is 2.40. The van der Waals surface area contributed by atoms with Crippen molar-refractivity contribution < 1.29 is 9.90 Å². The standard InChI is InChI=1S/C20H23Cl2N3O2/c1-14(20(27)8-11-23-12-9-20)25(13-15-4-6-16(21)7-5-15)19(26)17-3-2-10-24-18(17)22/h2-7,10,14,23,27H,8-9,11-13H2,1H3. The number of hydrogen-bond acceptors (Lipinski definition) is 4. The van der Waals surface area contributed by atoms with Crippen molar-refractivity contribution >= 4 is 29.1 Å². The van der Waals surface area contributed by atoms with Gasteiger partial charge in [-0.2, -0.15) is 0 Å². The number of aliphatic hydroxyl groups is 1. The molecule has 1 unspecified atom stereocenters. The molecule has 0 saturated carbocycles. The average Bonchev–Trinajstić information content (AvgIpc) is 2.67. The number of piperidine rings is 1. The van der Waals surface area contributed by atoms with Crippen molar-refractivity contribution in [3.63, 3.8) is 0 Å². The lowest BCUT2D eigenvalue weighted by Gasteiger charge is -2.43. The van der Waals surface area contributed by atoms with Gasteiger partial charge in [-0.3, -0.25) is 4.79 Å². The van der Waals surface area contributed by atoms with Crippen molar-refractivity contribution in [2.24, 2.45) is 0 Å². The van der Waals surface area contributed by atoms with E-state index in [-0.39, 0.29) is 17.1 Å². The third-order valence-electron chi connectivity index (χ3n) is 5.23. The number of carbonyl (C=O) groups is 1. The van der Waals surface area contributed by atoms with Crippen molar-refractivity contribution in [2.75, 3.05) is 13.1 Å². The summed E-state index contributed by atoms with van der Waals surface area (Å²) in [7, 11) is 0. The summed E-state index contributed by atoms with van der Waals surface area (Å²) in [5.41, 5.74) is 0.303. The first-order chi connectivity index (χ1) is 12.9. The molecular formula is C20H23Cl2N3O2. The molecule has 7 heteroatoms. The van der Waals surface area contributed by atoms with Gasteiger partial charge < -0.3 is 15.3 Å². The van der Waals surface area contributed by atoms with Gasteiger partial charge in [0.2, 0.25) is 0 Å². The van der Waals surface area contributed by atoms with Crippen LogP contribution >= 0.6 is 23.2 Å². The maximum Gasteiger partial charge on any atom is 0.257 e. The van der Waals surface area contributed by atoms with E-state index in [4.69, 9.17) is 23.2 Å². The van der Waals surface area contributed by atoms with Crippen LogP contribution in [0.15, 0.2) is 42.6 Å². The zero-order valence-electron chi connectivity index (χ0n) is 15.2. The maximum absolute atomic E-state index is 13.3. The van der Waals surface area contributed by atoms with Gasteiger partial charge in [0.15, 0.2) is 0 Å². The van der Waals surface area contributed by atoms with Gasteiger partial charge in [0.25, 0.3) is 5.91 Å². The fourth-order valence-corrected chi connectivity index (χ4v) is 3.77. The number of pyridine rings is 1. The van der Waals surface area contributed by atoms with Gasteiger partial charge in [-0.1, -0.05) is 35.3 Å². The summed E-state index contributed by atoms with van der Waals surface area (Å²) in [6.45, 7) is 3.68. The second-order valence-corrected chi connectivity index (χ2v) is 7.73. The molecule has 0 radical (unpaired) electrons. The molecule has 144 valence electrons. The molecule has 1 atom stereocenters. The highest BCUT2D eigenvalue weighted by molar-refractivity contribution is 6.32. The van der Waals surface area contributed by atoms with Gasteiger partial charge in [-0.25, -0.2) is 4.98 Å². The number of carbonyl (C=O) groups excluding carboxylic acids is 1. The first-order valence-electron chi connectivity index (χ1n) is 9.00. The van der Waals surface area contributed by atoms with E-state index in [2.05, 4.69) is 10.3 Å². The molecule has 0 aliphatic carbocycles. The molecule has 1 amide bonds. The molecule has 1 aliphatic rings. The summed E-state index contributed by atoms with van der Waals surface area (Å²) in [5, 5.41) is 15.2. The van der Waals surface area contributed by atoms with Crippen molar-refractivity contribution in [3.05, 3.63) is 63.9 Å². The molecule has 1 fully saturated rings. The summed E-state index contributed by atoms with van der Waals surface area (Å²) in [4.78, 5) is 19.0. The predicted molar refractivity (Wildman–Crippen MR) is 107 cm³/mol. The molecule has 1 aliphatic heterocycles. The number of nitrogens with one attached hydrogen (secondary N) is 1. The summed E-state index contributed by atoms with van der Waals surface area (Å²) < 4.78 is 0. The van der Waals surface area contributed by atoms with Gasteiger partial charge in [0.05, 0.1) is 17.2 Å². The molecule has 5 nitrogen and oxygen atoms in total. The van der Waals surface area contributed by atoms with E-state index in [0.29, 0.717) is 30.0 Å². The molecule has 2 heterocycles. The summed E-state index contributed by atoms with van der Waals surface area (Å²) in [6, 6.07) is 10.3. The van der Waals surface area contributed by atoms with Crippen molar-refractivity contribution in [1.29, 1.82) is 0 Å². The van der Waals surface area contributed by atoms with E-state index >= 15 is 0 Å². The van der Waals surface area contributed by atoms with Crippen molar-refractivity contribution in [2.45, 2.75) is 38.0 Å². The van der Waals surface area contributed by atoms with E-state index < -0.39 is 5.60 Å². The quantitative estimate of drug-likeness (QED) is 0.743. The Kier molecular flexibility index (Phi) is 6.37. The topological polar surface area (TPSA) is 65.5 Å². The Bertz CT molecular complexity index is 792. The number of rotatable bonds is 5. The van der Waals surface area contributed by atoms with Gasteiger partial charge >= 0.3 is 0 Å². The van der Waals surface area contributed by atoms with Crippen LogP contribution in [0, 0.1) is 0 Å². The smallest absolute Gasteiger partial charge is 0.257 e. The maximum atomic E-state index is 13.3. The molecule has 2 N–H and O–H groups in total. The molecule has 0 spiro atoms. The number of hydrogen-bond donors (Lipinski definition) is 2. The minimum Gasteiger partial charge on any atom is -0.388 e. The van der Waals surface area contributed by atoms with E-state index in [1.807, 2.05) is 19.1 Å². The normalized spacial score (nSPS) is 17.3. The number of aromatic nitrogens is 1. The Morgan fingerprint density at radius 1 is 1.26 bits per heavy atom. The lowest BCUT2D eigenvalue weighted by molar-refractivity contribution is -0.0555. The van der Waals surface area contributed by atoms with Crippen LogP contribution in [0.5, 0.6) is 0 Å². The molecule has 1 saturated heterocycles. The second kappa shape index (κ2) is 8.57. The Labute approximate surface area is 169 Å². The fourth-order valence-electron chi connectivity index (χ4n) is 3.44. The van der Waals surface area contributed by atoms with Crippen molar-refractivity contribution in [3.8, 4) is 0 Å². The molecule has 1 aromatic carbocycles. The number of amides is 1. The van der Waals surface area contributed by atoms with E-state index in [0.717, 1.165) is 18.7 Å². The lowest BCUT2D eigenvalue weighted by Crippen LogP contribution is -2.57. The Morgan fingerprint density at radius 3 is 2.56 bits per heavy atom. The lowest BCUT2D eigenvalue weighted by atomic mass is 9.84. The van der Waals surface area contributed by atoms with Crippen LogP contribution in [0.3, 0.4) is 0 Å². The second-order valence-electron chi connectivity index (χ2n) is 6.93. The van der Waals surface area contributed by atoms with E-state index in [1.165, 1.54) is 0 Å². The van der Waals surface area contributed by atoms with Gasteiger partial charge in [-0.05, 0) is 62.7 Å². The zero-order chi connectivity index (χ0) is 19.4. The largest absolute Gasteiger partial charge is 0.388 e. The number of halogens is 2. The predicted octanol–water partition coefficient (Wildman–Crippen LogP) is 3.53. The fraction of sp³-hybridized carbons (Fsp3) is 0.400. The van der Waals surface area contributed by atoms with E-state index in [9.17, 15) is 9.90 Å². The van der Waals surface area contributed by atoms with Crippen LogP contribution in [0.4, 0.5) is 0 Å². The molecular weight excluding hydrogens is 385 g/mol. The zero-order valence-corrected chi connectivity index (χ0v) is 16.7. The van der Waals surface area contributed by atoms with Gasteiger partial charge in [0, 0.05) is 17.8 Å². The number of nitrogens with zero attached hydrogens (tertiary/aromatic N) is 2. The van der Waals surface area contributed by atoms with Crippen LogP contribution in [-0.4, -0.2) is 45.6 Å². The molecule has 2 aromatic rings. The van der Waals surface area contributed by atoms with Crippen LogP contribution < -0.4 is 5.32 Å². The first-order valence-corrected chi connectivity index (χ1v) is 9.75. The van der Waals surface area contributed by atoms with E-state index in [1.54, 1.807) is 35.4 Å². The van der Waals surface area contributed by atoms with Crippen LogP contribution in [0.1, 0.15) is 35.7 Å². The minimum absolute atomic E-state index is 0.160. The third kappa shape index (κ3) is 4.61. The summed E-state index contributed by atoms with van der Waals surface area (Å²) in [5.74, 6) is -0.248. The highest BCUT2D eigenvalue weighted by atomic mass is 35.5. The minimum atomic E-state index is -0.956. The van der Waals surface area contributed by atoms with Gasteiger partial charge in [0.1, 0.15) is 5.15 Å². The Hall–Kier alpha value is -1.66. The number of benzene rings is 1. The van der Waals surface area contributed by atoms with Gasteiger partial charge in [-0.15, -0.1) is 0 Å². The summed E-state index contributed by atoms with van der Waals surface area (Å²) in [6.07, 6.45) is 2.71. The van der Waals surface area contributed by atoms with Crippen LogP contribution in [-0.2, 0) is 6.54 Å². The summed E-state index contributed by atoms with van der Waals surface area (Å²) >= 11 is 12.1. The molecule has 3 rings (SSSR count). The van der Waals surface area contributed by atoms with Crippen molar-refractivity contribution in [1.82, 2.24) is 15.2 Å². The molecule has 0 bridgehead atoms. The molecule has 1 aromatic heterocycles. The Balaban J connectivity index is 1.93. The Morgan fingerprint density at radius 2 is 1.93 bits per heavy atom. The monoisotopic (exact) mass is 407 g/mol. The van der Waals surface area contributed by atoms with Crippen LogP contribution in [0.25, 0.3) is 0 Å². The average molecular weight is 408 g/mol. The highest BCUT2D eigenvalue weighted by Crippen LogP contribution is 2.29.